The van der Waals surface area contributed by atoms with Crippen LogP contribution in [0.15, 0.2) is 24.3 Å². The van der Waals surface area contributed by atoms with Crippen molar-refractivity contribution < 1.29 is 9.53 Å². The molecule has 0 aromatic heterocycles. The van der Waals surface area contributed by atoms with Crippen molar-refractivity contribution in [2.45, 2.75) is 6.54 Å². The van der Waals surface area contributed by atoms with E-state index in [2.05, 4.69) is 12.6 Å². The largest absolute Gasteiger partial charge is 0.496 e. The number of hydrogen-bond donors (Lipinski definition) is 1. The second-order valence-electron chi connectivity index (χ2n) is 2.95. The Morgan fingerprint density at radius 3 is 2.71 bits per heavy atom. The second kappa shape index (κ2) is 4.91. The topological polar surface area (TPSA) is 29.5 Å². The molecule has 76 valence electrons. The maximum Gasteiger partial charge on any atom is 0.278 e. The zero-order chi connectivity index (χ0) is 10.6. The summed E-state index contributed by atoms with van der Waals surface area (Å²) < 4.78 is 5.16. The van der Waals surface area contributed by atoms with Gasteiger partial charge in [0.1, 0.15) is 5.75 Å². The normalized spacial score (nSPS) is 9.64. The number of hydrogen-bond acceptors (Lipinski definition) is 2. The summed E-state index contributed by atoms with van der Waals surface area (Å²) in [6, 6.07) is 7.59. The highest BCUT2D eigenvalue weighted by atomic mass is 32.1. The minimum atomic E-state index is -0.254. The minimum absolute atomic E-state index is 0.254. The maximum absolute atomic E-state index is 10.9. The van der Waals surface area contributed by atoms with E-state index in [1.54, 1.807) is 14.2 Å². The van der Waals surface area contributed by atoms with Gasteiger partial charge in [0.2, 0.25) is 0 Å². The highest BCUT2D eigenvalue weighted by Crippen LogP contribution is 2.18. The molecule has 0 aliphatic carbocycles. The summed E-state index contributed by atoms with van der Waals surface area (Å²) in [5, 5.41) is -0.254. The molecule has 0 radical (unpaired) electrons. The molecule has 0 unspecified atom stereocenters. The number of benzene rings is 1. The smallest absolute Gasteiger partial charge is 0.278 e. The molecule has 14 heavy (non-hydrogen) atoms. The van der Waals surface area contributed by atoms with Crippen LogP contribution in [0.4, 0.5) is 4.79 Å². The van der Waals surface area contributed by atoms with E-state index in [0.717, 1.165) is 11.3 Å². The van der Waals surface area contributed by atoms with E-state index in [1.165, 1.54) is 4.90 Å². The SMILES string of the molecule is COc1ccccc1CN(C)C(=O)S. The zero-order valence-corrected chi connectivity index (χ0v) is 9.12. The first-order valence-electron chi connectivity index (χ1n) is 4.21. The van der Waals surface area contributed by atoms with Gasteiger partial charge in [-0.25, -0.2) is 0 Å². The van der Waals surface area contributed by atoms with Crippen molar-refractivity contribution in [2.75, 3.05) is 14.2 Å². The molecule has 0 heterocycles. The first-order chi connectivity index (χ1) is 6.65. The van der Waals surface area contributed by atoms with Crippen molar-refractivity contribution in [3.8, 4) is 5.75 Å². The van der Waals surface area contributed by atoms with Crippen molar-refractivity contribution in [3.05, 3.63) is 29.8 Å². The van der Waals surface area contributed by atoms with E-state index in [-0.39, 0.29) is 5.24 Å². The van der Waals surface area contributed by atoms with Gasteiger partial charge in [-0.1, -0.05) is 30.8 Å². The van der Waals surface area contributed by atoms with E-state index in [9.17, 15) is 4.79 Å². The van der Waals surface area contributed by atoms with Crippen LogP contribution in [0.1, 0.15) is 5.56 Å². The van der Waals surface area contributed by atoms with Crippen LogP contribution in [-0.2, 0) is 6.54 Å². The molecule has 0 saturated heterocycles. The van der Waals surface area contributed by atoms with Gasteiger partial charge < -0.3 is 9.64 Å². The number of methoxy groups -OCH3 is 1. The van der Waals surface area contributed by atoms with Crippen LogP contribution in [-0.4, -0.2) is 24.3 Å². The lowest BCUT2D eigenvalue weighted by atomic mass is 10.2. The summed E-state index contributed by atoms with van der Waals surface area (Å²) in [4.78, 5) is 12.4. The van der Waals surface area contributed by atoms with Gasteiger partial charge in [0.15, 0.2) is 0 Å². The van der Waals surface area contributed by atoms with Crippen molar-refractivity contribution in [2.24, 2.45) is 0 Å². The maximum atomic E-state index is 10.9. The molecule has 0 fully saturated rings. The lowest BCUT2D eigenvalue weighted by Crippen LogP contribution is -2.20. The third-order valence-corrected chi connectivity index (χ3v) is 2.27. The van der Waals surface area contributed by atoms with Gasteiger partial charge in [-0.15, -0.1) is 0 Å². The third-order valence-electron chi connectivity index (χ3n) is 1.93. The highest BCUT2D eigenvalue weighted by molar-refractivity contribution is 7.96. The monoisotopic (exact) mass is 211 g/mol. The predicted molar refractivity (Wildman–Crippen MR) is 58.8 cm³/mol. The molecule has 0 aliphatic rings. The molecule has 1 rings (SSSR count). The molecular weight excluding hydrogens is 198 g/mol. The lowest BCUT2D eigenvalue weighted by Gasteiger charge is -2.15. The lowest BCUT2D eigenvalue weighted by molar-refractivity contribution is 0.231. The van der Waals surface area contributed by atoms with Gasteiger partial charge >= 0.3 is 0 Å². The van der Waals surface area contributed by atoms with Crippen molar-refractivity contribution in [1.82, 2.24) is 4.90 Å². The number of ether oxygens (including phenoxy) is 1. The molecule has 0 spiro atoms. The van der Waals surface area contributed by atoms with E-state index < -0.39 is 0 Å². The van der Waals surface area contributed by atoms with E-state index in [4.69, 9.17) is 4.74 Å². The summed E-state index contributed by atoms with van der Waals surface area (Å²) in [5.74, 6) is 0.786. The van der Waals surface area contributed by atoms with Crippen LogP contribution in [0.25, 0.3) is 0 Å². The quantitative estimate of drug-likeness (QED) is 0.776. The van der Waals surface area contributed by atoms with Gasteiger partial charge in [-0.05, 0) is 6.07 Å². The molecule has 1 aromatic rings. The molecule has 0 atom stereocenters. The molecule has 4 heteroatoms. The Balaban J connectivity index is 2.80. The summed E-state index contributed by atoms with van der Waals surface area (Å²) in [6.07, 6.45) is 0. The highest BCUT2D eigenvalue weighted by Gasteiger charge is 2.07. The fourth-order valence-corrected chi connectivity index (χ4v) is 1.23. The minimum Gasteiger partial charge on any atom is -0.496 e. The average molecular weight is 211 g/mol. The number of para-hydroxylation sites is 1. The van der Waals surface area contributed by atoms with Crippen LogP contribution in [0.2, 0.25) is 0 Å². The Morgan fingerprint density at radius 1 is 1.50 bits per heavy atom. The third kappa shape index (κ3) is 2.67. The van der Waals surface area contributed by atoms with Gasteiger partial charge in [-0.2, -0.15) is 0 Å². The van der Waals surface area contributed by atoms with Crippen LogP contribution in [0.5, 0.6) is 5.75 Å². The number of thiol groups is 1. The number of rotatable bonds is 3. The van der Waals surface area contributed by atoms with Gasteiger partial charge in [0.25, 0.3) is 5.24 Å². The molecule has 0 saturated carbocycles. The molecule has 0 aliphatic heterocycles. The summed E-state index contributed by atoms with van der Waals surface area (Å²) in [6.45, 7) is 0.506. The first-order valence-corrected chi connectivity index (χ1v) is 4.66. The fraction of sp³-hybridized carbons (Fsp3) is 0.300. The Bertz CT molecular complexity index is 328. The van der Waals surface area contributed by atoms with Gasteiger partial charge in [0, 0.05) is 19.2 Å². The molecular formula is C10H13NO2S. The Kier molecular flexibility index (Phi) is 3.83. The van der Waals surface area contributed by atoms with E-state index >= 15 is 0 Å². The number of nitrogens with zero attached hydrogens (tertiary/aromatic N) is 1. The molecule has 1 amide bonds. The molecule has 0 N–H and O–H groups in total. The standard InChI is InChI=1S/C10H13NO2S/c1-11(10(12)14)7-8-5-3-4-6-9(8)13-2/h3-6H,7H2,1-2H3,(H,12,14). The predicted octanol–water partition coefficient (Wildman–Crippen LogP) is 2.18. The average Bonchev–Trinajstić information content (AvgIpc) is 2.18. The van der Waals surface area contributed by atoms with E-state index in [1.807, 2.05) is 24.3 Å². The van der Waals surface area contributed by atoms with Gasteiger partial charge in [0.05, 0.1) is 7.11 Å². The number of carbonyl (C=O) groups is 1. The Hall–Kier alpha value is -1.16. The van der Waals surface area contributed by atoms with Crippen molar-refractivity contribution >= 4 is 17.9 Å². The van der Waals surface area contributed by atoms with Crippen LogP contribution in [0.3, 0.4) is 0 Å². The first kappa shape index (κ1) is 10.9. The summed E-state index contributed by atoms with van der Waals surface area (Å²) in [5.41, 5.74) is 0.972. The molecule has 1 aromatic carbocycles. The summed E-state index contributed by atoms with van der Waals surface area (Å²) in [7, 11) is 3.31. The zero-order valence-electron chi connectivity index (χ0n) is 8.23. The fourth-order valence-electron chi connectivity index (χ4n) is 1.16. The van der Waals surface area contributed by atoms with Gasteiger partial charge in [-0.3, -0.25) is 4.79 Å². The van der Waals surface area contributed by atoms with Crippen LogP contribution < -0.4 is 4.74 Å². The van der Waals surface area contributed by atoms with E-state index in [0.29, 0.717) is 6.54 Å². The second-order valence-corrected chi connectivity index (χ2v) is 3.33. The van der Waals surface area contributed by atoms with Crippen LogP contribution in [0, 0.1) is 0 Å². The molecule has 3 nitrogen and oxygen atoms in total. The number of amides is 1. The van der Waals surface area contributed by atoms with Crippen molar-refractivity contribution in [1.29, 1.82) is 0 Å². The molecule has 0 bridgehead atoms. The van der Waals surface area contributed by atoms with Crippen molar-refractivity contribution in [3.63, 3.8) is 0 Å². The Labute approximate surface area is 89.1 Å². The van der Waals surface area contributed by atoms with Crippen LogP contribution >= 0.6 is 12.6 Å². The number of carbonyl (C=O) groups excluding carboxylic acids is 1. The Morgan fingerprint density at radius 2 is 2.14 bits per heavy atom. The summed E-state index contributed by atoms with van der Waals surface area (Å²) >= 11 is 3.73.